The number of carbonyl (C=O) groups excluding carboxylic acids is 2. The summed E-state index contributed by atoms with van der Waals surface area (Å²) in [6.07, 6.45) is -2.12. The number of nitrogens with one attached hydrogen (secondary N) is 1. The fraction of sp³-hybridized carbons (Fsp3) is 0.182. The molecule has 0 spiro atoms. The minimum absolute atomic E-state index is 0.111. The van der Waals surface area contributed by atoms with Crippen molar-refractivity contribution >= 4 is 28.5 Å². The number of hydrogen-bond donors (Lipinski definition) is 1. The smallest absolute Gasteiger partial charge is 0.416 e. The third-order valence-corrected chi connectivity index (χ3v) is 4.93. The second kappa shape index (κ2) is 8.77. The molecule has 0 unspecified atom stereocenters. The van der Waals surface area contributed by atoms with Crippen LogP contribution in [0.3, 0.4) is 0 Å². The zero-order valence-electron chi connectivity index (χ0n) is 17.3. The van der Waals surface area contributed by atoms with Gasteiger partial charge in [0.1, 0.15) is 19.2 Å². The number of aryl methyl sites for hydroxylation is 1. The Morgan fingerprint density at radius 3 is 2.64 bits per heavy atom. The Kier molecular flexibility index (Phi) is 5.86. The molecule has 170 valence electrons. The van der Waals surface area contributed by atoms with E-state index in [-0.39, 0.29) is 17.9 Å². The highest BCUT2D eigenvalue weighted by Gasteiger charge is 2.31. The zero-order chi connectivity index (χ0) is 23.6. The van der Waals surface area contributed by atoms with Crippen molar-refractivity contribution in [3.05, 3.63) is 72.4 Å². The van der Waals surface area contributed by atoms with Crippen molar-refractivity contribution in [2.24, 2.45) is 0 Å². The van der Waals surface area contributed by atoms with Crippen molar-refractivity contribution in [3.8, 4) is 5.69 Å². The minimum atomic E-state index is -4.61. The van der Waals surface area contributed by atoms with Gasteiger partial charge >= 0.3 is 12.1 Å². The lowest BCUT2D eigenvalue weighted by Crippen LogP contribution is -2.24. The number of esters is 1. The molecule has 11 heteroatoms. The summed E-state index contributed by atoms with van der Waals surface area (Å²) in [5.74, 6) is -1.45. The maximum atomic E-state index is 13.1. The van der Waals surface area contributed by atoms with Crippen LogP contribution in [-0.2, 0) is 27.0 Å². The zero-order valence-corrected chi connectivity index (χ0v) is 17.3. The molecule has 0 saturated heterocycles. The molecule has 4 aromatic rings. The van der Waals surface area contributed by atoms with E-state index in [1.54, 1.807) is 4.57 Å². The van der Waals surface area contributed by atoms with Crippen LogP contribution in [0.5, 0.6) is 0 Å². The number of benzene rings is 2. The van der Waals surface area contributed by atoms with Crippen molar-refractivity contribution < 1.29 is 27.5 Å². The largest absolute Gasteiger partial charge is 0.454 e. The molecule has 33 heavy (non-hydrogen) atoms. The van der Waals surface area contributed by atoms with E-state index in [9.17, 15) is 22.8 Å². The summed E-state index contributed by atoms with van der Waals surface area (Å²) in [7, 11) is 0. The van der Waals surface area contributed by atoms with Gasteiger partial charge in [-0.3, -0.25) is 9.59 Å². The Balaban J connectivity index is 1.45. The van der Waals surface area contributed by atoms with Gasteiger partial charge in [0.25, 0.3) is 5.91 Å². The first-order chi connectivity index (χ1) is 15.7. The molecule has 0 radical (unpaired) electrons. The lowest BCUT2D eigenvalue weighted by molar-refractivity contribution is -0.147. The molecule has 0 fully saturated rings. The summed E-state index contributed by atoms with van der Waals surface area (Å²) in [5.41, 5.74) is 0.767. The molecule has 0 aliphatic carbocycles. The minimum Gasteiger partial charge on any atom is -0.454 e. The lowest BCUT2D eigenvalue weighted by Gasteiger charge is -2.14. The highest BCUT2D eigenvalue weighted by atomic mass is 19.4. The predicted molar refractivity (Wildman–Crippen MR) is 113 cm³/mol. The van der Waals surface area contributed by atoms with E-state index in [0.717, 1.165) is 28.7 Å². The highest BCUT2D eigenvalue weighted by molar-refractivity contribution is 5.95. The number of amides is 1. The maximum Gasteiger partial charge on any atom is 0.416 e. The van der Waals surface area contributed by atoms with Crippen LogP contribution in [0.2, 0.25) is 0 Å². The number of fused-ring (bicyclic) bond motifs is 1. The summed E-state index contributed by atoms with van der Waals surface area (Å²) >= 11 is 0. The van der Waals surface area contributed by atoms with Crippen molar-refractivity contribution in [3.63, 3.8) is 0 Å². The van der Waals surface area contributed by atoms with Crippen LogP contribution in [0, 0.1) is 6.92 Å². The van der Waals surface area contributed by atoms with E-state index in [0.29, 0.717) is 0 Å². The van der Waals surface area contributed by atoms with Crippen LogP contribution >= 0.6 is 0 Å². The first-order valence-electron chi connectivity index (χ1n) is 9.79. The van der Waals surface area contributed by atoms with Crippen LogP contribution in [0.1, 0.15) is 11.3 Å². The number of rotatable bonds is 6. The normalized spacial score (nSPS) is 11.5. The number of nitrogens with zero attached hydrogens (tertiary/aromatic N) is 4. The van der Waals surface area contributed by atoms with E-state index in [1.165, 1.54) is 23.4 Å². The van der Waals surface area contributed by atoms with E-state index in [4.69, 9.17) is 4.74 Å². The third kappa shape index (κ3) is 4.86. The Hall–Kier alpha value is -4.15. The monoisotopic (exact) mass is 457 g/mol. The number of aromatic nitrogens is 4. The molecule has 2 heterocycles. The Labute approximate surface area is 185 Å². The van der Waals surface area contributed by atoms with Crippen LogP contribution in [0.4, 0.5) is 18.9 Å². The molecule has 2 aromatic carbocycles. The van der Waals surface area contributed by atoms with Crippen LogP contribution in [0.25, 0.3) is 16.6 Å². The molecule has 0 atom stereocenters. The Morgan fingerprint density at radius 2 is 1.91 bits per heavy atom. The molecule has 4 rings (SSSR count). The second-order valence-corrected chi connectivity index (χ2v) is 7.21. The molecule has 1 N–H and O–H groups in total. The summed E-state index contributed by atoms with van der Waals surface area (Å²) in [4.78, 5) is 28.4. The number of para-hydroxylation sites is 1. The highest BCUT2D eigenvalue weighted by Crippen LogP contribution is 2.33. The first kappa shape index (κ1) is 22.1. The van der Waals surface area contributed by atoms with Gasteiger partial charge in [-0.2, -0.15) is 18.3 Å². The van der Waals surface area contributed by atoms with E-state index < -0.39 is 30.2 Å². The van der Waals surface area contributed by atoms with Crippen molar-refractivity contribution in [2.75, 3.05) is 11.9 Å². The first-order valence-corrected chi connectivity index (χ1v) is 9.79. The van der Waals surface area contributed by atoms with Gasteiger partial charge in [0.2, 0.25) is 0 Å². The molecular formula is C22H18F3N5O3. The van der Waals surface area contributed by atoms with Gasteiger partial charge in [0.05, 0.1) is 16.9 Å². The summed E-state index contributed by atoms with van der Waals surface area (Å²) in [6.45, 7) is 1.07. The number of halogens is 3. The molecule has 8 nitrogen and oxygen atoms in total. The lowest BCUT2D eigenvalue weighted by atomic mass is 10.1. The van der Waals surface area contributed by atoms with Crippen LogP contribution in [-0.4, -0.2) is 37.8 Å². The summed E-state index contributed by atoms with van der Waals surface area (Å²) < 4.78 is 47.4. The van der Waals surface area contributed by atoms with Gasteiger partial charge < -0.3 is 14.6 Å². The average Bonchev–Trinajstić information content (AvgIpc) is 3.40. The molecule has 0 bridgehead atoms. The summed E-state index contributed by atoms with van der Waals surface area (Å²) in [6, 6.07) is 12.3. The molecular weight excluding hydrogens is 439 g/mol. The Bertz CT molecular complexity index is 1310. The standard InChI is InChI=1S/C22H18F3N5O3/c1-14-8-15-4-2-3-5-18(15)29(14)10-21(32)33-11-20(31)28-17-9-16(22(23,24)25)6-7-19(17)30-13-26-12-27-30/h2-9,12-13H,10-11H2,1H3,(H,28,31). The molecule has 1 amide bonds. The van der Waals surface area contributed by atoms with Gasteiger partial charge in [-0.15, -0.1) is 0 Å². The molecule has 2 aromatic heterocycles. The number of anilines is 1. The van der Waals surface area contributed by atoms with Crippen molar-refractivity contribution in [1.29, 1.82) is 0 Å². The van der Waals surface area contributed by atoms with Gasteiger partial charge in [0, 0.05) is 11.2 Å². The van der Waals surface area contributed by atoms with E-state index in [1.807, 2.05) is 37.3 Å². The number of hydrogen-bond acceptors (Lipinski definition) is 5. The van der Waals surface area contributed by atoms with Gasteiger partial charge in [-0.05, 0) is 42.6 Å². The number of carbonyl (C=O) groups is 2. The number of alkyl halides is 3. The molecule has 0 aliphatic heterocycles. The van der Waals surface area contributed by atoms with Gasteiger partial charge in [0.15, 0.2) is 6.61 Å². The van der Waals surface area contributed by atoms with Gasteiger partial charge in [-0.25, -0.2) is 9.67 Å². The van der Waals surface area contributed by atoms with Crippen molar-refractivity contribution in [2.45, 2.75) is 19.6 Å². The van der Waals surface area contributed by atoms with Crippen LogP contribution < -0.4 is 5.32 Å². The fourth-order valence-corrected chi connectivity index (χ4v) is 3.41. The fourth-order valence-electron chi connectivity index (χ4n) is 3.41. The van der Waals surface area contributed by atoms with E-state index in [2.05, 4.69) is 15.4 Å². The second-order valence-electron chi connectivity index (χ2n) is 7.21. The topological polar surface area (TPSA) is 91.0 Å². The number of ether oxygens (including phenoxy) is 1. The molecule has 0 saturated carbocycles. The predicted octanol–water partition coefficient (Wildman–Crippen LogP) is 3.73. The van der Waals surface area contributed by atoms with E-state index >= 15 is 0 Å². The maximum absolute atomic E-state index is 13.1. The Morgan fingerprint density at radius 1 is 1.12 bits per heavy atom. The average molecular weight is 457 g/mol. The SMILES string of the molecule is Cc1cc2ccccc2n1CC(=O)OCC(=O)Nc1cc(C(F)(F)F)ccc1-n1cncn1. The van der Waals surface area contributed by atoms with Gasteiger partial charge in [-0.1, -0.05) is 18.2 Å². The summed E-state index contributed by atoms with van der Waals surface area (Å²) in [5, 5.41) is 7.20. The quantitative estimate of drug-likeness (QED) is 0.446. The molecule has 0 aliphatic rings. The third-order valence-electron chi connectivity index (χ3n) is 4.93. The van der Waals surface area contributed by atoms with Crippen molar-refractivity contribution in [1.82, 2.24) is 19.3 Å². The van der Waals surface area contributed by atoms with Crippen LogP contribution in [0.15, 0.2) is 61.2 Å².